The van der Waals surface area contributed by atoms with Crippen molar-refractivity contribution in [1.82, 2.24) is 10.2 Å². The largest absolute Gasteiger partial charge is 0.456 e. The molecule has 1 heterocycles. The van der Waals surface area contributed by atoms with Crippen LogP contribution in [0.3, 0.4) is 0 Å². The second-order valence-electron chi connectivity index (χ2n) is 8.07. The average molecular weight is 431 g/mol. The number of hydrogen-bond donors (Lipinski definition) is 1. The van der Waals surface area contributed by atoms with E-state index in [1.54, 1.807) is 0 Å². The molecule has 166 valence electrons. The molecule has 10 nitrogen and oxygen atoms in total. The number of carbonyl (C=O) groups excluding carboxylic acids is 4. The summed E-state index contributed by atoms with van der Waals surface area (Å²) in [5.74, 6) is -1.81. The van der Waals surface area contributed by atoms with Crippen LogP contribution in [0.25, 0.3) is 0 Å². The normalized spacial score (nSPS) is 22.8. The third kappa shape index (κ3) is 4.73. The van der Waals surface area contributed by atoms with Gasteiger partial charge in [0.2, 0.25) is 0 Å². The molecule has 1 aliphatic heterocycles. The van der Waals surface area contributed by atoms with Crippen molar-refractivity contribution in [2.45, 2.75) is 45.6 Å². The Labute approximate surface area is 179 Å². The minimum absolute atomic E-state index is 0.0455. The first-order valence-corrected chi connectivity index (χ1v) is 10.3. The molecule has 1 fully saturated rings. The van der Waals surface area contributed by atoms with Crippen molar-refractivity contribution in [1.29, 1.82) is 0 Å². The molecule has 0 aromatic heterocycles. The highest BCUT2D eigenvalue weighted by atomic mass is 16.6. The van der Waals surface area contributed by atoms with Crippen LogP contribution in [-0.4, -0.2) is 52.7 Å². The van der Waals surface area contributed by atoms with Crippen LogP contribution >= 0.6 is 0 Å². The van der Waals surface area contributed by atoms with Gasteiger partial charge in [0.25, 0.3) is 23.4 Å². The predicted molar refractivity (Wildman–Crippen MR) is 108 cm³/mol. The summed E-state index contributed by atoms with van der Waals surface area (Å²) in [6, 6.07) is 3.85. The van der Waals surface area contributed by atoms with Crippen LogP contribution in [0, 0.1) is 22.0 Å². The second kappa shape index (κ2) is 9.23. The van der Waals surface area contributed by atoms with Gasteiger partial charge in [0.1, 0.15) is 5.56 Å². The van der Waals surface area contributed by atoms with Crippen molar-refractivity contribution < 1.29 is 28.8 Å². The van der Waals surface area contributed by atoms with E-state index in [4.69, 9.17) is 4.74 Å². The number of ether oxygens (including phenoxy) is 1. The molecule has 1 aliphatic carbocycles. The van der Waals surface area contributed by atoms with Crippen LogP contribution in [0.4, 0.5) is 5.69 Å². The van der Waals surface area contributed by atoms with Gasteiger partial charge in [-0.1, -0.05) is 32.8 Å². The summed E-state index contributed by atoms with van der Waals surface area (Å²) in [5.41, 5.74) is -0.798. The monoisotopic (exact) mass is 431 g/mol. The standard InChI is InChI=1S/C21H25N3O7/c1-12-5-3-7-15(13(12)2)22-17(25)11-31-18(26)9-10-23-20(27)14-6-4-8-16(24(29)30)19(14)21(23)28/h4,6,8,12-13,15H,3,5,7,9-11H2,1-2H3,(H,22,25)/t12-,13-,15-/m1/s1. The lowest BCUT2D eigenvalue weighted by Crippen LogP contribution is -2.45. The summed E-state index contributed by atoms with van der Waals surface area (Å²) >= 11 is 0. The van der Waals surface area contributed by atoms with Crippen molar-refractivity contribution in [3.05, 3.63) is 39.4 Å². The van der Waals surface area contributed by atoms with Gasteiger partial charge < -0.3 is 10.1 Å². The van der Waals surface area contributed by atoms with E-state index < -0.39 is 40.9 Å². The number of nitrogens with one attached hydrogen (secondary N) is 1. The Balaban J connectivity index is 1.49. The molecule has 1 aromatic rings. The molecule has 3 rings (SSSR count). The van der Waals surface area contributed by atoms with Crippen molar-refractivity contribution in [2.24, 2.45) is 11.8 Å². The van der Waals surface area contributed by atoms with Crippen LogP contribution in [-0.2, 0) is 14.3 Å². The average Bonchev–Trinajstić information content (AvgIpc) is 2.98. The fourth-order valence-corrected chi connectivity index (χ4v) is 4.13. The molecule has 0 unspecified atom stereocenters. The molecule has 3 atom stereocenters. The Kier molecular flexibility index (Phi) is 6.67. The number of nitrogens with zero attached hydrogens (tertiary/aromatic N) is 2. The number of hydrogen-bond acceptors (Lipinski definition) is 7. The minimum atomic E-state index is -0.821. The quantitative estimate of drug-likeness (QED) is 0.302. The van der Waals surface area contributed by atoms with Gasteiger partial charge in [0.05, 0.1) is 16.9 Å². The van der Waals surface area contributed by atoms with Gasteiger partial charge in [-0.25, -0.2) is 0 Å². The molecule has 0 radical (unpaired) electrons. The maximum atomic E-state index is 12.5. The zero-order valence-corrected chi connectivity index (χ0v) is 17.5. The van der Waals surface area contributed by atoms with E-state index in [-0.39, 0.29) is 30.1 Å². The van der Waals surface area contributed by atoms with Crippen molar-refractivity contribution in [2.75, 3.05) is 13.2 Å². The number of carbonyl (C=O) groups is 4. The first kappa shape index (κ1) is 22.4. The number of esters is 1. The molecule has 31 heavy (non-hydrogen) atoms. The van der Waals surface area contributed by atoms with Gasteiger partial charge in [-0.15, -0.1) is 0 Å². The van der Waals surface area contributed by atoms with Gasteiger partial charge in [-0.3, -0.25) is 34.2 Å². The van der Waals surface area contributed by atoms with Gasteiger partial charge >= 0.3 is 5.97 Å². The summed E-state index contributed by atoms with van der Waals surface area (Å²) < 4.78 is 4.97. The number of nitro groups is 1. The van der Waals surface area contributed by atoms with Crippen molar-refractivity contribution in [3.63, 3.8) is 0 Å². The third-order valence-electron chi connectivity index (χ3n) is 6.13. The third-order valence-corrected chi connectivity index (χ3v) is 6.13. The SMILES string of the molecule is C[C@@H]1[C@H](C)CCC[C@H]1NC(=O)COC(=O)CCN1C(=O)c2cccc([N+](=O)[O-])c2C1=O. The van der Waals surface area contributed by atoms with E-state index in [1.807, 2.05) is 0 Å². The molecule has 1 saturated carbocycles. The topological polar surface area (TPSA) is 136 Å². The molecule has 1 aromatic carbocycles. The van der Waals surface area contributed by atoms with E-state index in [2.05, 4.69) is 19.2 Å². The van der Waals surface area contributed by atoms with Crippen molar-refractivity contribution >= 4 is 29.4 Å². The fourth-order valence-electron chi connectivity index (χ4n) is 4.13. The zero-order chi connectivity index (χ0) is 22.7. The number of amides is 3. The lowest BCUT2D eigenvalue weighted by Gasteiger charge is -2.34. The summed E-state index contributed by atoms with van der Waals surface area (Å²) in [6.07, 6.45) is 2.73. The molecule has 3 amide bonds. The summed E-state index contributed by atoms with van der Waals surface area (Å²) in [4.78, 5) is 60.2. The van der Waals surface area contributed by atoms with E-state index in [0.717, 1.165) is 30.2 Å². The van der Waals surface area contributed by atoms with Gasteiger partial charge in [-0.2, -0.15) is 0 Å². The summed E-state index contributed by atoms with van der Waals surface area (Å²) in [7, 11) is 0. The molecule has 1 N–H and O–H groups in total. The molecule has 10 heteroatoms. The smallest absolute Gasteiger partial charge is 0.308 e. The summed E-state index contributed by atoms with van der Waals surface area (Å²) in [5, 5.41) is 14.0. The second-order valence-corrected chi connectivity index (χ2v) is 8.07. The molecule has 0 bridgehead atoms. The first-order valence-electron chi connectivity index (χ1n) is 10.3. The van der Waals surface area contributed by atoms with Gasteiger partial charge in [0, 0.05) is 18.7 Å². The van der Waals surface area contributed by atoms with Crippen LogP contribution in [0.1, 0.15) is 60.2 Å². The maximum Gasteiger partial charge on any atom is 0.308 e. The highest BCUT2D eigenvalue weighted by Gasteiger charge is 2.40. The number of rotatable bonds is 7. The number of fused-ring (bicyclic) bond motifs is 1. The molecular formula is C21H25N3O7. The molecule has 0 saturated heterocycles. The fraction of sp³-hybridized carbons (Fsp3) is 0.524. The van der Waals surface area contributed by atoms with Crippen LogP contribution in [0.15, 0.2) is 18.2 Å². The van der Waals surface area contributed by atoms with Gasteiger partial charge in [-0.05, 0) is 24.3 Å². The Morgan fingerprint density at radius 2 is 1.97 bits per heavy atom. The lowest BCUT2D eigenvalue weighted by molar-refractivity contribution is -0.385. The Hall–Kier alpha value is -3.30. The Morgan fingerprint density at radius 1 is 1.23 bits per heavy atom. The summed E-state index contributed by atoms with van der Waals surface area (Å²) in [6.45, 7) is 3.51. The van der Waals surface area contributed by atoms with Crippen LogP contribution < -0.4 is 5.32 Å². The predicted octanol–water partition coefficient (Wildman–Crippen LogP) is 2.06. The van der Waals surface area contributed by atoms with Crippen LogP contribution in [0.2, 0.25) is 0 Å². The van der Waals surface area contributed by atoms with E-state index in [0.29, 0.717) is 11.8 Å². The van der Waals surface area contributed by atoms with E-state index >= 15 is 0 Å². The Bertz CT molecular complexity index is 930. The Morgan fingerprint density at radius 3 is 2.68 bits per heavy atom. The van der Waals surface area contributed by atoms with E-state index in [1.165, 1.54) is 12.1 Å². The number of benzene rings is 1. The van der Waals surface area contributed by atoms with Crippen molar-refractivity contribution in [3.8, 4) is 0 Å². The molecule has 0 spiro atoms. The van der Waals surface area contributed by atoms with Crippen LogP contribution in [0.5, 0.6) is 0 Å². The molecular weight excluding hydrogens is 406 g/mol. The maximum absolute atomic E-state index is 12.5. The highest BCUT2D eigenvalue weighted by Crippen LogP contribution is 2.31. The minimum Gasteiger partial charge on any atom is -0.456 e. The van der Waals surface area contributed by atoms with Gasteiger partial charge in [0.15, 0.2) is 6.61 Å². The van der Waals surface area contributed by atoms with E-state index in [9.17, 15) is 29.3 Å². The number of nitro benzene ring substituents is 1. The number of imide groups is 1. The lowest BCUT2D eigenvalue weighted by atomic mass is 9.78. The highest BCUT2D eigenvalue weighted by molar-refractivity contribution is 6.23. The molecule has 2 aliphatic rings. The first-order chi connectivity index (χ1) is 14.7. The zero-order valence-electron chi connectivity index (χ0n) is 17.5.